The van der Waals surface area contributed by atoms with E-state index in [1.165, 1.54) is 12.1 Å². The van der Waals surface area contributed by atoms with Crippen LogP contribution in [0.5, 0.6) is 0 Å². The molecule has 17 heavy (non-hydrogen) atoms. The summed E-state index contributed by atoms with van der Waals surface area (Å²) in [4.78, 5) is 12.0. The van der Waals surface area contributed by atoms with Crippen molar-refractivity contribution in [1.82, 2.24) is 9.78 Å². The summed E-state index contributed by atoms with van der Waals surface area (Å²) in [6.45, 7) is 1.80. The number of rotatable bonds is 3. The van der Waals surface area contributed by atoms with Crippen molar-refractivity contribution in [3.63, 3.8) is 0 Å². The Morgan fingerprint density at radius 1 is 1.47 bits per heavy atom. The van der Waals surface area contributed by atoms with Crippen LogP contribution in [0.1, 0.15) is 21.5 Å². The molecule has 0 N–H and O–H groups in total. The molecule has 0 unspecified atom stereocenters. The number of ketones is 1. The normalized spacial score (nSPS) is 10.5. The Balaban J connectivity index is 2.22. The summed E-state index contributed by atoms with van der Waals surface area (Å²) in [6.07, 6.45) is 3.68. The Hall–Kier alpha value is -1.97. The maximum Gasteiger partial charge on any atom is 0.167 e. The smallest absolute Gasteiger partial charge is 0.167 e. The maximum atomic E-state index is 13.1. The Morgan fingerprint density at radius 2 is 2.24 bits per heavy atom. The molecule has 0 fully saturated rings. The number of nitrogens with zero attached hydrogens (tertiary/aromatic N) is 2. The van der Waals surface area contributed by atoms with Crippen LogP contribution < -0.4 is 0 Å². The van der Waals surface area contributed by atoms with Gasteiger partial charge in [-0.3, -0.25) is 9.48 Å². The predicted octanol–water partition coefficient (Wildman–Crippen LogP) is 2.29. The first kappa shape index (κ1) is 11.5. The lowest BCUT2D eigenvalue weighted by Gasteiger charge is -2.03. The third kappa shape index (κ3) is 2.58. The Labute approximate surface area is 98.9 Å². The molecular weight excluding hydrogens is 219 g/mol. The van der Waals surface area contributed by atoms with Crippen LogP contribution in [0.15, 0.2) is 30.6 Å². The largest absolute Gasteiger partial charge is 0.294 e. The fourth-order valence-electron chi connectivity index (χ4n) is 1.74. The van der Waals surface area contributed by atoms with Crippen LogP contribution in [0.25, 0.3) is 0 Å². The minimum Gasteiger partial charge on any atom is -0.294 e. The first-order chi connectivity index (χ1) is 8.06. The van der Waals surface area contributed by atoms with Gasteiger partial charge in [0, 0.05) is 25.2 Å². The number of carbonyl (C=O) groups excluding carboxylic acids is 1. The molecule has 0 bridgehead atoms. The summed E-state index contributed by atoms with van der Waals surface area (Å²) in [7, 11) is 1.79. The van der Waals surface area contributed by atoms with Gasteiger partial charge in [0.25, 0.3) is 0 Å². The number of benzene rings is 1. The quantitative estimate of drug-likeness (QED) is 0.761. The van der Waals surface area contributed by atoms with Crippen LogP contribution in [0.4, 0.5) is 4.39 Å². The summed E-state index contributed by atoms with van der Waals surface area (Å²) in [6, 6.07) is 4.26. The van der Waals surface area contributed by atoms with Gasteiger partial charge < -0.3 is 0 Å². The second-order valence-corrected chi connectivity index (χ2v) is 4.08. The molecule has 3 nitrogen and oxygen atoms in total. The highest BCUT2D eigenvalue weighted by Crippen LogP contribution is 2.13. The molecule has 0 aliphatic heterocycles. The molecule has 0 saturated heterocycles. The predicted molar refractivity (Wildman–Crippen MR) is 62.4 cm³/mol. The van der Waals surface area contributed by atoms with Crippen molar-refractivity contribution in [1.29, 1.82) is 0 Å². The number of carbonyl (C=O) groups is 1. The van der Waals surface area contributed by atoms with Crippen molar-refractivity contribution >= 4 is 5.78 Å². The number of aromatic nitrogens is 2. The van der Waals surface area contributed by atoms with E-state index in [0.29, 0.717) is 5.56 Å². The van der Waals surface area contributed by atoms with Crippen LogP contribution >= 0.6 is 0 Å². The van der Waals surface area contributed by atoms with Gasteiger partial charge in [0.2, 0.25) is 0 Å². The van der Waals surface area contributed by atoms with Gasteiger partial charge in [-0.15, -0.1) is 0 Å². The average Bonchev–Trinajstić information content (AvgIpc) is 2.67. The first-order valence-corrected chi connectivity index (χ1v) is 5.33. The fraction of sp³-hybridized carbons (Fsp3) is 0.231. The van der Waals surface area contributed by atoms with Gasteiger partial charge in [0.05, 0.1) is 6.20 Å². The monoisotopic (exact) mass is 232 g/mol. The van der Waals surface area contributed by atoms with Crippen LogP contribution in [-0.2, 0) is 13.5 Å². The number of aryl methyl sites for hydroxylation is 2. The van der Waals surface area contributed by atoms with E-state index in [-0.39, 0.29) is 18.0 Å². The maximum absolute atomic E-state index is 13.1. The van der Waals surface area contributed by atoms with E-state index in [9.17, 15) is 9.18 Å². The van der Waals surface area contributed by atoms with E-state index in [1.807, 2.05) is 0 Å². The van der Waals surface area contributed by atoms with Crippen molar-refractivity contribution in [2.24, 2.45) is 7.05 Å². The molecule has 88 valence electrons. The van der Waals surface area contributed by atoms with Crippen molar-refractivity contribution in [3.8, 4) is 0 Å². The van der Waals surface area contributed by atoms with E-state index in [0.717, 1.165) is 11.1 Å². The van der Waals surface area contributed by atoms with Gasteiger partial charge in [-0.1, -0.05) is 6.07 Å². The van der Waals surface area contributed by atoms with Crippen molar-refractivity contribution in [3.05, 3.63) is 53.1 Å². The summed E-state index contributed by atoms with van der Waals surface area (Å²) >= 11 is 0. The molecule has 0 aliphatic rings. The Kier molecular flexibility index (Phi) is 3.04. The summed E-state index contributed by atoms with van der Waals surface area (Å²) in [5, 5.41) is 3.99. The molecule has 1 aromatic carbocycles. The summed E-state index contributed by atoms with van der Waals surface area (Å²) < 4.78 is 14.7. The molecule has 0 amide bonds. The zero-order valence-corrected chi connectivity index (χ0v) is 9.77. The average molecular weight is 232 g/mol. The molecule has 0 aliphatic carbocycles. The van der Waals surface area contributed by atoms with Crippen LogP contribution in [-0.4, -0.2) is 15.6 Å². The highest BCUT2D eigenvalue weighted by Gasteiger charge is 2.11. The highest BCUT2D eigenvalue weighted by atomic mass is 19.1. The zero-order chi connectivity index (χ0) is 12.4. The lowest BCUT2D eigenvalue weighted by atomic mass is 10.0. The number of hydrogen-bond donors (Lipinski definition) is 0. The second-order valence-electron chi connectivity index (χ2n) is 4.08. The van der Waals surface area contributed by atoms with E-state index in [4.69, 9.17) is 0 Å². The standard InChI is InChI=1S/C13H13FN2O/c1-9-3-4-11(14)6-12(9)13(17)5-10-7-15-16(2)8-10/h3-4,6-8H,5H2,1-2H3. The third-order valence-corrected chi connectivity index (χ3v) is 2.62. The first-order valence-electron chi connectivity index (χ1n) is 5.33. The van der Waals surface area contributed by atoms with Crippen LogP contribution in [0.3, 0.4) is 0 Å². The molecule has 0 saturated carbocycles. The van der Waals surface area contributed by atoms with E-state index in [2.05, 4.69) is 5.10 Å². The van der Waals surface area contributed by atoms with E-state index in [1.54, 1.807) is 37.1 Å². The second kappa shape index (κ2) is 4.49. The van der Waals surface area contributed by atoms with Gasteiger partial charge in [-0.05, 0) is 30.2 Å². The molecule has 2 aromatic rings. The van der Waals surface area contributed by atoms with Crippen LogP contribution in [0, 0.1) is 12.7 Å². The molecule has 1 heterocycles. The zero-order valence-electron chi connectivity index (χ0n) is 9.77. The van der Waals surface area contributed by atoms with Crippen molar-refractivity contribution in [2.75, 3.05) is 0 Å². The minimum atomic E-state index is -0.384. The van der Waals surface area contributed by atoms with Gasteiger partial charge in [-0.25, -0.2) is 4.39 Å². The lowest BCUT2D eigenvalue weighted by Crippen LogP contribution is -2.05. The topological polar surface area (TPSA) is 34.9 Å². The molecular formula is C13H13FN2O. The van der Waals surface area contributed by atoms with Gasteiger partial charge in [-0.2, -0.15) is 5.10 Å². The van der Waals surface area contributed by atoms with Gasteiger partial charge in [0.1, 0.15) is 5.82 Å². The third-order valence-electron chi connectivity index (χ3n) is 2.62. The van der Waals surface area contributed by atoms with Gasteiger partial charge in [0.15, 0.2) is 5.78 Å². The van der Waals surface area contributed by atoms with Crippen LogP contribution in [0.2, 0.25) is 0 Å². The SMILES string of the molecule is Cc1ccc(F)cc1C(=O)Cc1cnn(C)c1. The minimum absolute atomic E-state index is 0.0880. The molecule has 4 heteroatoms. The summed E-state index contributed by atoms with van der Waals surface area (Å²) in [5.74, 6) is -0.472. The van der Waals surface area contributed by atoms with Crippen molar-refractivity contribution < 1.29 is 9.18 Å². The van der Waals surface area contributed by atoms with E-state index >= 15 is 0 Å². The van der Waals surface area contributed by atoms with E-state index < -0.39 is 0 Å². The molecule has 1 aromatic heterocycles. The van der Waals surface area contributed by atoms with Crippen molar-refractivity contribution in [2.45, 2.75) is 13.3 Å². The summed E-state index contributed by atoms with van der Waals surface area (Å²) in [5.41, 5.74) is 2.07. The number of halogens is 1. The fourth-order valence-corrected chi connectivity index (χ4v) is 1.74. The molecule has 2 rings (SSSR count). The lowest BCUT2D eigenvalue weighted by molar-refractivity contribution is 0.0992. The Morgan fingerprint density at radius 3 is 2.88 bits per heavy atom. The highest BCUT2D eigenvalue weighted by molar-refractivity contribution is 5.98. The van der Waals surface area contributed by atoms with Gasteiger partial charge >= 0.3 is 0 Å². The number of Topliss-reactive ketones (excluding diaryl/α,β-unsaturated/α-hetero) is 1. The molecule has 0 radical (unpaired) electrons. The number of hydrogen-bond acceptors (Lipinski definition) is 2. The Bertz CT molecular complexity index is 560. The molecule has 0 atom stereocenters. The molecule has 0 spiro atoms.